The van der Waals surface area contributed by atoms with Crippen LogP contribution in [0.1, 0.15) is 75.7 Å². The van der Waals surface area contributed by atoms with E-state index in [-0.39, 0.29) is 17.1 Å². The average molecular weight is 343 g/mol. The normalized spacial score (nSPS) is 22.8. The van der Waals surface area contributed by atoms with E-state index in [0.717, 1.165) is 23.9 Å². The van der Waals surface area contributed by atoms with Gasteiger partial charge in [0.1, 0.15) is 0 Å². The molecule has 2 fully saturated rings. The highest BCUT2D eigenvalue weighted by Gasteiger charge is 2.52. The van der Waals surface area contributed by atoms with E-state index in [1.807, 2.05) is 52.8 Å². The number of nitrogens with one attached hydrogen (secondary N) is 1. The van der Waals surface area contributed by atoms with Crippen molar-refractivity contribution in [1.29, 1.82) is 0 Å². The first kappa shape index (κ1) is 18.5. The van der Waals surface area contributed by atoms with Gasteiger partial charge in [-0.2, -0.15) is 0 Å². The summed E-state index contributed by atoms with van der Waals surface area (Å²) < 4.78 is 12.3. The number of hydrogen-bond acceptors (Lipinski definition) is 3. The molecular weight excluding hydrogens is 313 g/mol. The minimum Gasteiger partial charge on any atom is -0.399 e. The Labute approximate surface area is 151 Å². The molecule has 1 aromatic rings. The first-order valence-electron chi connectivity index (χ1n) is 9.47. The lowest BCUT2D eigenvalue weighted by Gasteiger charge is -2.32. The number of carbonyl (C=O) groups is 1. The maximum atomic E-state index is 12.7. The van der Waals surface area contributed by atoms with Crippen molar-refractivity contribution < 1.29 is 14.1 Å². The molecule has 1 saturated carbocycles. The summed E-state index contributed by atoms with van der Waals surface area (Å²) in [6.45, 7) is 10.2. The van der Waals surface area contributed by atoms with Gasteiger partial charge in [0.25, 0.3) is 5.91 Å². The van der Waals surface area contributed by atoms with Crippen LogP contribution in [-0.4, -0.2) is 30.3 Å². The summed E-state index contributed by atoms with van der Waals surface area (Å²) in [6, 6.07) is 6.11. The number of aryl methyl sites for hydroxylation is 1. The van der Waals surface area contributed by atoms with Gasteiger partial charge in [0.05, 0.1) is 11.2 Å². The van der Waals surface area contributed by atoms with E-state index in [0.29, 0.717) is 11.6 Å². The highest BCUT2D eigenvalue weighted by molar-refractivity contribution is 6.62. The van der Waals surface area contributed by atoms with Gasteiger partial charge < -0.3 is 14.6 Å². The fourth-order valence-corrected chi connectivity index (χ4v) is 3.52. The third kappa shape index (κ3) is 3.77. The lowest BCUT2D eigenvalue weighted by atomic mass is 9.75. The van der Waals surface area contributed by atoms with Crippen LogP contribution in [0, 0.1) is 6.92 Å². The Morgan fingerprint density at radius 1 is 1.08 bits per heavy atom. The molecule has 1 aliphatic carbocycles. The summed E-state index contributed by atoms with van der Waals surface area (Å²) in [5, 5.41) is 3.18. The van der Waals surface area contributed by atoms with Gasteiger partial charge in [-0.1, -0.05) is 30.9 Å². The van der Waals surface area contributed by atoms with Crippen LogP contribution in [0.4, 0.5) is 0 Å². The second-order valence-electron chi connectivity index (χ2n) is 8.47. The van der Waals surface area contributed by atoms with Crippen molar-refractivity contribution in [2.75, 3.05) is 0 Å². The van der Waals surface area contributed by atoms with Crippen LogP contribution in [0.25, 0.3) is 0 Å². The molecule has 4 nitrogen and oxygen atoms in total. The topological polar surface area (TPSA) is 47.6 Å². The van der Waals surface area contributed by atoms with Gasteiger partial charge in [-0.3, -0.25) is 4.79 Å². The van der Waals surface area contributed by atoms with Crippen molar-refractivity contribution in [3.8, 4) is 0 Å². The predicted octanol–water partition coefficient (Wildman–Crippen LogP) is 3.36. The first-order chi connectivity index (χ1) is 11.7. The standard InChI is InChI=1S/C20H30BNO3/c1-14-11-12-15(18(23)22-16-9-7-6-8-10-16)13-17(14)21-24-19(2,3)20(4,5)25-21/h11-13,16H,6-10H2,1-5H3,(H,22,23). The molecule has 3 rings (SSSR count). The average Bonchev–Trinajstić information content (AvgIpc) is 2.76. The van der Waals surface area contributed by atoms with Gasteiger partial charge in [-0.05, 0) is 65.1 Å². The summed E-state index contributed by atoms with van der Waals surface area (Å²) in [5.41, 5.74) is 1.93. The number of rotatable bonds is 3. The van der Waals surface area contributed by atoms with Gasteiger partial charge in [0.2, 0.25) is 0 Å². The summed E-state index contributed by atoms with van der Waals surface area (Å²) in [5.74, 6) is 0.00432. The second-order valence-corrected chi connectivity index (χ2v) is 8.47. The molecule has 2 aliphatic rings. The van der Waals surface area contributed by atoms with E-state index < -0.39 is 7.12 Å². The molecule has 1 amide bonds. The van der Waals surface area contributed by atoms with Gasteiger partial charge in [-0.15, -0.1) is 0 Å². The summed E-state index contributed by atoms with van der Waals surface area (Å²) >= 11 is 0. The van der Waals surface area contributed by atoms with Crippen molar-refractivity contribution in [2.45, 2.75) is 84.0 Å². The monoisotopic (exact) mass is 343 g/mol. The lowest BCUT2D eigenvalue weighted by molar-refractivity contribution is 0.00578. The van der Waals surface area contributed by atoms with Crippen LogP contribution in [0.3, 0.4) is 0 Å². The van der Waals surface area contributed by atoms with E-state index in [1.54, 1.807) is 0 Å². The van der Waals surface area contributed by atoms with Crippen molar-refractivity contribution in [1.82, 2.24) is 5.32 Å². The number of carbonyl (C=O) groups excluding carboxylic acids is 1. The Balaban J connectivity index is 1.78. The molecule has 0 spiro atoms. The molecule has 1 aliphatic heterocycles. The van der Waals surface area contributed by atoms with Crippen LogP contribution in [0.5, 0.6) is 0 Å². The van der Waals surface area contributed by atoms with E-state index in [4.69, 9.17) is 9.31 Å². The fourth-order valence-electron chi connectivity index (χ4n) is 3.52. The molecule has 0 aromatic heterocycles. The van der Waals surface area contributed by atoms with Crippen LogP contribution in [-0.2, 0) is 9.31 Å². The minimum atomic E-state index is -0.438. The minimum absolute atomic E-state index is 0.00432. The molecule has 1 aromatic carbocycles. The molecule has 25 heavy (non-hydrogen) atoms. The quantitative estimate of drug-likeness (QED) is 0.856. The molecule has 0 unspecified atom stereocenters. The molecule has 0 atom stereocenters. The van der Waals surface area contributed by atoms with Crippen LogP contribution >= 0.6 is 0 Å². The fraction of sp³-hybridized carbons (Fsp3) is 0.650. The molecular formula is C20H30BNO3. The third-order valence-electron chi connectivity index (χ3n) is 5.99. The number of hydrogen-bond donors (Lipinski definition) is 1. The largest absolute Gasteiger partial charge is 0.495 e. The maximum Gasteiger partial charge on any atom is 0.495 e. The highest BCUT2D eigenvalue weighted by Crippen LogP contribution is 2.36. The molecule has 136 valence electrons. The first-order valence-corrected chi connectivity index (χ1v) is 9.47. The van der Waals surface area contributed by atoms with Crippen LogP contribution in [0.2, 0.25) is 0 Å². The molecule has 1 saturated heterocycles. The van der Waals surface area contributed by atoms with E-state index in [9.17, 15) is 4.79 Å². The Morgan fingerprint density at radius 3 is 2.28 bits per heavy atom. The zero-order chi connectivity index (χ0) is 18.2. The number of amides is 1. The van der Waals surface area contributed by atoms with Crippen LogP contribution < -0.4 is 10.8 Å². The number of benzene rings is 1. The summed E-state index contributed by atoms with van der Waals surface area (Å²) in [7, 11) is -0.438. The lowest BCUT2D eigenvalue weighted by Crippen LogP contribution is -2.41. The van der Waals surface area contributed by atoms with Crippen LogP contribution in [0.15, 0.2) is 18.2 Å². The second kappa shape index (κ2) is 6.77. The maximum absolute atomic E-state index is 12.7. The zero-order valence-corrected chi connectivity index (χ0v) is 16.1. The van der Waals surface area contributed by atoms with Gasteiger partial charge in [0, 0.05) is 11.6 Å². The Hall–Kier alpha value is -1.33. The molecule has 5 heteroatoms. The molecule has 0 bridgehead atoms. The predicted molar refractivity (Wildman–Crippen MR) is 101 cm³/mol. The van der Waals surface area contributed by atoms with Crippen molar-refractivity contribution in [3.05, 3.63) is 29.3 Å². The zero-order valence-electron chi connectivity index (χ0n) is 16.1. The SMILES string of the molecule is Cc1ccc(C(=O)NC2CCCCC2)cc1B1OC(C)(C)C(C)(C)O1. The van der Waals surface area contributed by atoms with E-state index in [2.05, 4.69) is 5.32 Å². The van der Waals surface area contributed by atoms with Crippen molar-refractivity contribution >= 4 is 18.5 Å². The molecule has 0 radical (unpaired) electrons. The Kier molecular flexibility index (Phi) is 5.00. The van der Waals surface area contributed by atoms with Crippen molar-refractivity contribution in [2.24, 2.45) is 0 Å². The van der Waals surface area contributed by atoms with Gasteiger partial charge >= 0.3 is 7.12 Å². The van der Waals surface area contributed by atoms with Crippen molar-refractivity contribution in [3.63, 3.8) is 0 Å². The smallest absolute Gasteiger partial charge is 0.399 e. The Morgan fingerprint density at radius 2 is 1.68 bits per heavy atom. The third-order valence-corrected chi connectivity index (χ3v) is 5.99. The molecule has 1 heterocycles. The van der Waals surface area contributed by atoms with Gasteiger partial charge in [-0.25, -0.2) is 0 Å². The van der Waals surface area contributed by atoms with Gasteiger partial charge in [0.15, 0.2) is 0 Å². The van der Waals surface area contributed by atoms with E-state index >= 15 is 0 Å². The summed E-state index contributed by atoms with van der Waals surface area (Å²) in [4.78, 5) is 12.7. The van der Waals surface area contributed by atoms with E-state index in [1.165, 1.54) is 19.3 Å². The highest BCUT2D eigenvalue weighted by atomic mass is 16.7. The summed E-state index contributed by atoms with van der Waals surface area (Å²) in [6.07, 6.45) is 5.86. The molecule has 1 N–H and O–H groups in total. The Bertz CT molecular complexity index is 634.